The number of amides is 1. The number of rotatable bonds is 6. The van der Waals surface area contributed by atoms with Crippen molar-refractivity contribution in [1.82, 2.24) is 4.90 Å². The van der Waals surface area contributed by atoms with Crippen molar-refractivity contribution < 1.29 is 14.3 Å². The molecule has 6 heteroatoms. The van der Waals surface area contributed by atoms with Crippen molar-refractivity contribution in [3.63, 3.8) is 0 Å². The first-order valence-corrected chi connectivity index (χ1v) is 11.3. The van der Waals surface area contributed by atoms with Gasteiger partial charge in [-0.15, -0.1) is 0 Å². The van der Waals surface area contributed by atoms with Gasteiger partial charge in [-0.05, 0) is 54.3 Å². The highest BCUT2D eigenvalue weighted by molar-refractivity contribution is 6.22. The normalized spacial score (nSPS) is 15.6. The second kappa shape index (κ2) is 9.08. The fraction of sp³-hybridized carbons (Fsp3) is 0.259. The summed E-state index contributed by atoms with van der Waals surface area (Å²) >= 11 is 0. The lowest BCUT2D eigenvalue weighted by Gasteiger charge is -2.32. The molecule has 168 valence electrons. The van der Waals surface area contributed by atoms with E-state index in [9.17, 15) is 9.59 Å². The number of fused-ring (bicyclic) bond motifs is 3. The van der Waals surface area contributed by atoms with Crippen LogP contribution < -0.4 is 15.4 Å². The monoisotopic (exact) mass is 441 g/mol. The van der Waals surface area contributed by atoms with Gasteiger partial charge in [-0.1, -0.05) is 36.4 Å². The molecule has 0 spiro atoms. The minimum absolute atomic E-state index is 0.0382. The van der Waals surface area contributed by atoms with Gasteiger partial charge in [0.15, 0.2) is 5.78 Å². The largest absolute Gasteiger partial charge is 0.495 e. The number of ketones is 1. The Kier molecular flexibility index (Phi) is 5.84. The van der Waals surface area contributed by atoms with Crippen LogP contribution in [0.5, 0.6) is 5.75 Å². The molecule has 1 amide bonds. The third-order valence-electron chi connectivity index (χ3n) is 6.43. The highest BCUT2D eigenvalue weighted by atomic mass is 16.5. The van der Waals surface area contributed by atoms with Crippen LogP contribution in [0, 0.1) is 0 Å². The summed E-state index contributed by atoms with van der Waals surface area (Å²) < 4.78 is 5.43. The van der Waals surface area contributed by atoms with Crippen molar-refractivity contribution in [2.75, 3.05) is 37.4 Å². The van der Waals surface area contributed by atoms with Gasteiger partial charge >= 0.3 is 0 Å². The van der Waals surface area contributed by atoms with Gasteiger partial charge in [0.1, 0.15) is 5.75 Å². The molecule has 2 N–H and O–H groups in total. The predicted molar refractivity (Wildman–Crippen MR) is 130 cm³/mol. The quantitative estimate of drug-likeness (QED) is 0.464. The van der Waals surface area contributed by atoms with Crippen molar-refractivity contribution in [3.05, 3.63) is 77.9 Å². The Bertz CT molecular complexity index is 1200. The third kappa shape index (κ3) is 4.34. The third-order valence-corrected chi connectivity index (χ3v) is 6.43. The lowest BCUT2D eigenvalue weighted by molar-refractivity contribution is -0.117. The fourth-order valence-corrected chi connectivity index (χ4v) is 4.73. The van der Waals surface area contributed by atoms with Gasteiger partial charge in [0, 0.05) is 35.9 Å². The molecule has 1 aliphatic heterocycles. The van der Waals surface area contributed by atoms with E-state index >= 15 is 0 Å². The molecule has 6 nitrogen and oxygen atoms in total. The molecular weight excluding hydrogens is 414 g/mol. The Morgan fingerprint density at radius 1 is 0.939 bits per heavy atom. The Labute approximate surface area is 193 Å². The smallest absolute Gasteiger partial charge is 0.238 e. The van der Waals surface area contributed by atoms with Crippen LogP contribution in [0.25, 0.3) is 11.1 Å². The van der Waals surface area contributed by atoms with Crippen LogP contribution >= 0.6 is 0 Å². The second-order valence-corrected chi connectivity index (χ2v) is 8.58. The maximum Gasteiger partial charge on any atom is 0.238 e. The number of likely N-dealkylation sites (tertiary alicyclic amines) is 1. The number of nitrogens with one attached hydrogen (secondary N) is 2. The Hall–Kier alpha value is -3.64. The molecule has 1 fully saturated rings. The van der Waals surface area contributed by atoms with Crippen molar-refractivity contribution in [1.29, 1.82) is 0 Å². The van der Waals surface area contributed by atoms with E-state index in [0.717, 1.165) is 59.7 Å². The summed E-state index contributed by atoms with van der Waals surface area (Å²) in [4.78, 5) is 27.4. The molecule has 0 radical (unpaired) electrons. The number of anilines is 2. The van der Waals surface area contributed by atoms with Gasteiger partial charge in [0.05, 0.1) is 19.3 Å². The molecular formula is C27H27N3O3. The van der Waals surface area contributed by atoms with Gasteiger partial charge in [-0.2, -0.15) is 0 Å². The molecule has 33 heavy (non-hydrogen) atoms. The molecule has 0 bridgehead atoms. The van der Waals surface area contributed by atoms with Crippen LogP contribution in [-0.4, -0.2) is 49.4 Å². The lowest BCUT2D eigenvalue weighted by Crippen LogP contribution is -2.42. The van der Waals surface area contributed by atoms with E-state index in [2.05, 4.69) is 15.5 Å². The van der Waals surface area contributed by atoms with Crippen LogP contribution in [0.2, 0.25) is 0 Å². The number of benzene rings is 3. The van der Waals surface area contributed by atoms with Crippen molar-refractivity contribution in [3.8, 4) is 16.9 Å². The highest BCUT2D eigenvalue weighted by Crippen LogP contribution is 2.37. The molecule has 0 unspecified atom stereocenters. The zero-order valence-electron chi connectivity index (χ0n) is 18.6. The maximum atomic E-state index is 12.7. The standard InChI is InChI=1S/C27H27N3O3/c1-33-25-9-5-4-8-24(25)28-18-12-14-30(15-13-18)17-26(31)29-19-10-11-22-23(16-19)20-6-2-3-7-21(20)27(22)32/h2-11,16,18,28H,12-15,17H2,1H3,(H,29,31). The average Bonchev–Trinajstić information content (AvgIpc) is 3.12. The van der Waals surface area contributed by atoms with Gasteiger partial charge < -0.3 is 15.4 Å². The van der Waals surface area contributed by atoms with Crippen LogP contribution in [0.15, 0.2) is 66.7 Å². The van der Waals surface area contributed by atoms with Crippen molar-refractivity contribution in [2.24, 2.45) is 0 Å². The molecule has 1 saturated heterocycles. The van der Waals surface area contributed by atoms with Crippen LogP contribution in [-0.2, 0) is 4.79 Å². The number of methoxy groups -OCH3 is 1. The first-order valence-electron chi connectivity index (χ1n) is 11.3. The van der Waals surface area contributed by atoms with E-state index in [0.29, 0.717) is 18.2 Å². The molecule has 1 aliphatic carbocycles. The summed E-state index contributed by atoms with van der Waals surface area (Å²) in [6, 6.07) is 21.4. The molecule has 0 saturated carbocycles. The zero-order chi connectivity index (χ0) is 22.8. The van der Waals surface area contributed by atoms with Crippen LogP contribution in [0.4, 0.5) is 11.4 Å². The molecule has 3 aromatic rings. The maximum absolute atomic E-state index is 12.7. The number of hydrogen-bond acceptors (Lipinski definition) is 5. The van der Waals surface area contributed by atoms with E-state index in [1.165, 1.54) is 0 Å². The Morgan fingerprint density at radius 2 is 1.64 bits per heavy atom. The molecule has 1 heterocycles. The van der Waals surface area contributed by atoms with E-state index in [1.807, 2.05) is 66.7 Å². The summed E-state index contributed by atoms with van der Waals surface area (Å²) in [5, 5.41) is 6.58. The summed E-state index contributed by atoms with van der Waals surface area (Å²) in [7, 11) is 1.68. The number of carbonyl (C=O) groups is 2. The van der Waals surface area contributed by atoms with E-state index in [4.69, 9.17) is 4.74 Å². The molecule has 0 aromatic heterocycles. The summed E-state index contributed by atoms with van der Waals surface area (Å²) in [5.41, 5.74) is 4.96. The summed E-state index contributed by atoms with van der Waals surface area (Å²) in [6.45, 7) is 2.06. The van der Waals surface area contributed by atoms with Crippen LogP contribution in [0.1, 0.15) is 28.8 Å². The topological polar surface area (TPSA) is 70.7 Å². The zero-order valence-corrected chi connectivity index (χ0v) is 18.6. The van der Waals surface area contributed by atoms with Crippen molar-refractivity contribution >= 4 is 23.1 Å². The van der Waals surface area contributed by atoms with E-state index < -0.39 is 0 Å². The second-order valence-electron chi connectivity index (χ2n) is 8.58. The average molecular weight is 442 g/mol. The molecule has 5 rings (SSSR count). The van der Waals surface area contributed by atoms with Gasteiger partial charge in [0.2, 0.25) is 5.91 Å². The predicted octanol–water partition coefficient (Wildman–Crippen LogP) is 4.42. The summed E-state index contributed by atoms with van der Waals surface area (Å²) in [6.07, 6.45) is 1.92. The van der Waals surface area contributed by atoms with Gasteiger partial charge in [-0.3, -0.25) is 14.5 Å². The molecule has 2 aliphatic rings. The van der Waals surface area contributed by atoms with Gasteiger partial charge in [0.25, 0.3) is 0 Å². The molecule has 3 aromatic carbocycles. The number of hydrogen-bond donors (Lipinski definition) is 2. The van der Waals surface area contributed by atoms with Gasteiger partial charge in [-0.25, -0.2) is 0 Å². The number of para-hydroxylation sites is 2. The van der Waals surface area contributed by atoms with E-state index in [1.54, 1.807) is 7.11 Å². The van der Waals surface area contributed by atoms with Crippen molar-refractivity contribution in [2.45, 2.75) is 18.9 Å². The first kappa shape index (κ1) is 21.2. The lowest BCUT2D eigenvalue weighted by atomic mass is 10.0. The SMILES string of the molecule is COc1ccccc1NC1CCN(CC(=O)Nc2ccc3c(c2)-c2ccccc2C3=O)CC1. The molecule has 0 atom stereocenters. The van der Waals surface area contributed by atoms with Crippen LogP contribution in [0.3, 0.4) is 0 Å². The first-order chi connectivity index (χ1) is 16.1. The minimum Gasteiger partial charge on any atom is -0.495 e. The highest BCUT2D eigenvalue weighted by Gasteiger charge is 2.27. The van der Waals surface area contributed by atoms with E-state index in [-0.39, 0.29) is 11.7 Å². The Balaban J connectivity index is 1.16. The Morgan fingerprint density at radius 3 is 2.42 bits per heavy atom. The number of carbonyl (C=O) groups excluding carboxylic acids is 2. The number of piperidine rings is 1. The number of ether oxygens (including phenoxy) is 1. The summed E-state index contributed by atoms with van der Waals surface area (Å²) in [5.74, 6) is 0.852. The fourth-order valence-electron chi connectivity index (χ4n) is 4.73. The minimum atomic E-state index is -0.0382. The number of nitrogens with zero attached hydrogens (tertiary/aromatic N) is 1.